The Bertz CT molecular complexity index is 2350. The van der Waals surface area contributed by atoms with Crippen LogP contribution in [-0.4, -0.2) is 83.1 Å². The molecule has 6 aromatic rings. The molecule has 4 aromatic carbocycles. The lowest BCUT2D eigenvalue weighted by Crippen LogP contribution is -2.41. The molecular weight excluding hydrogens is 718 g/mol. The molecule has 0 atom stereocenters. The van der Waals surface area contributed by atoms with Crippen LogP contribution in [0.3, 0.4) is 0 Å². The van der Waals surface area contributed by atoms with E-state index < -0.39 is 11.8 Å². The first-order valence-corrected chi connectivity index (χ1v) is 18.3. The molecule has 7 rings (SSSR count). The van der Waals surface area contributed by atoms with Crippen molar-refractivity contribution in [3.05, 3.63) is 114 Å². The summed E-state index contributed by atoms with van der Waals surface area (Å²) in [6.07, 6.45) is 1.89. The number of nitrogens with zero attached hydrogens (tertiary/aromatic N) is 5. The van der Waals surface area contributed by atoms with Crippen LogP contribution in [0.15, 0.2) is 91.1 Å². The summed E-state index contributed by atoms with van der Waals surface area (Å²) in [6.45, 7) is 8.04. The van der Waals surface area contributed by atoms with Gasteiger partial charge in [0, 0.05) is 72.9 Å². The smallest absolute Gasteiger partial charge is 0.324 e. The molecular formula is C41H42FN9O5. The van der Waals surface area contributed by atoms with E-state index >= 15 is 4.39 Å². The van der Waals surface area contributed by atoms with E-state index in [1.54, 1.807) is 43.3 Å². The molecule has 0 unspecified atom stereocenters. The zero-order chi connectivity index (χ0) is 39.0. The zero-order valence-corrected chi connectivity index (χ0v) is 31.3. The van der Waals surface area contributed by atoms with Gasteiger partial charge >= 0.3 is 6.03 Å². The van der Waals surface area contributed by atoms with Gasteiger partial charge in [0.25, 0.3) is 5.91 Å². The number of halogens is 1. The lowest BCUT2D eigenvalue weighted by atomic mass is 10.1. The Balaban J connectivity index is 1.07. The first-order valence-electron chi connectivity index (χ1n) is 18.3. The molecule has 56 heavy (non-hydrogen) atoms. The number of benzene rings is 4. The second-order valence-electron chi connectivity index (χ2n) is 13.1. The lowest BCUT2D eigenvalue weighted by Gasteiger charge is -2.26. The number of ether oxygens (including phenoxy) is 3. The Morgan fingerprint density at radius 3 is 2.54 bits per heavy atom. The third-order valence-corrected chi connectivity index (χ3v) is 9.14. The normalized spacial score (nSPS) is 12.9. The summed E-state index contributed by atoms with van der Waals surface area (Å²) in [6, 6.07) is 24.4. The van der Waals surface area contributed by atoms with Crippen LogP contribution >= 0.6 is 0 Å². The zero-order valence-electron chi connectivity index (χ0n) is 31.3. The minimum absolute atomic E-state index is 0.0750. The molecule has 2 aromatic heterocycles. The summed E-state index contributed by atoms with van der Waals surface area (Å²) in [7, 11) is 1.53. The third-order valence-electron chi connectivity index (χ3n) is 9.14. The Morgan fingerprint density at radius 2 is 1.75 bits per heavy atom. The van der Waals surface area contributed by atoms with Crippen LogP contribution in [0.25, 0.3) is 16.5 Å². The molecule has 15 heteroatoms. The van der Waals surface area contributed by atoms with E-state index in [1.165, 1.54) is 18.0 Å². The number of urea groups is 1. The van der Waals surface area contributed by atoms with Gasteiger partial charge in [0.2, 0.25) is 11.8 Å². The van der Waals surface area contributed by atoms with Gasteiger partial charge in [-0.05, 0) is 49.1 Å². The van der Waals surface area contributed by atoms with Gasteiger partial charge in [0.1, 0.15) is 17.2 Å². The van der Waals surface area contributed by atoms with Crippen molar-refractivity contribution >= 4 is 45.9 Å². The van der Waals surface area contributed by atoms with Gasteiger partial charge in [-0.25, -0.2) is 18.9 Å². The average molecular weight is 760 g/mol. The molecule has 3 amide bonds. The van der Waals surface area contributed by atoms with E-state index in [0.717, 1.165) is 36.0 Å². The van der Waals surface area contributed by atoms with Crippen molar-refractivity contribution in [1.29, 1.82) is 0 Å². The number of morpholine rings is 1. The van der Waals surface area contributed by atoms with Crippen molar-refractivity contribution in [2.45, 2.75) is 20.3 Å². The Hall–Kier alpha value is -6.58. The number of fused-ring (bicyclic) bond motifs is 1. The van der Waals surface area contributed by atoms with Crippen molar-refractivity contribution < 1.29 is 28.2 Å². The third kappa shape index (κ3) is 9.02. The van der Waals surface area contributed by atoms with Crippen molar-refractivity contribution in [3.8, 4) is 23.1 Å². The van der Waals surface area contributed by atoms with E-state index in [-0.39, 0.29) is 29.2 Å². The number of anilines is 4. The molecule has 1 saturated heterocycles. The molecule has 4 N–H and O–H groups in total. The average Bonchev–Trinajstić information content (AvgIpc) is 3.52. The maximum atomic E-state index is 15.4. The summed E-state index contributed by atoms with van der Waals surface area (Å²) in [5.74, 6) is 0.402. The van der Waals surface area contributed by atoms with Crippen LogP contribution in [0, 0.1) is 12.7 Å². The van der Waals surface area contributed by atoms with Gasteiger partial charge in [0.05, 0.1) is 26.0 Å². The summed E-state index contributed by atoms with van der Waals surface area (Å²) in [5, 5.41) is 17.5. The quantitative estimate of drug-likeness (QED) is 0.0960. The molecule has 0 saturated carbocycles. The molecule has 1 fully saturated rings. The minimum Gasteiger partial charge on any atom is -0.497 e. The van der Waals surface area contributed by atoms with Crippen molar-refractivity contribution in [2.75, 3.05) is 62.5 Å². The molecule has 3 heterocycles. The predicted molar refractivity (Wildman–Crippen MR) is 212 cm³/mol. The number of amides is 3. The van der Waals surface area contributed by atoms with Gasteiger partial charge in [-0.3, -0.25) is 15.0 Å². The number of hydrogen-bond acceptors (Lipinski definition) is 10. The summed E-state index contributed by atoms with van der Waals surface area (Å²) in [5.41, 5.74) is 3.22. The Morgan fingerprint density at radius 1 is 0.946 bits per heavy atom. The van der Waals surface area contributed by atoms with E-state index in [1.807, 2.05) is 55.5 Å². The van der Waals surface area contributed by atoms with Crippen molar-refractivity contribution in [3.63, 3.8) is 0 Å². The number of methoxy groups -OCH3 is 1. The molecule has 0 spiro atoms. The standard InChI is InChI=1S/C41H42FN9O5/c1-4-34-37(42)38(51(49-34)31-11-9-26(2)10-12-31)48-41(53)46-30-21-27-7-5-6-8-33(27)35(25-30)56-36-13-14-44-40(47-36)45-29-22-28(23-32(24-29)54-3)39(52)43-15-16-50-17-19-55-20-18-50/h5-14,21-25H,4,15-20H2,1-3H3,(H,43,52)(H,44,45,47)(H2,46,48,53). The summed E-state index contributed by atoms with van der Waals surface area (Å²) in [4.78, 5) is 37.6. The van der Waals surface area contributed by atoms with Gasteiger partial charge in [-0.2, -0.15) is 10.1 Å². The number of rotatable bonds is 13. The highest BCUT2D eigenvalue weighted by atomic mass is 19.1. The fourth-order valence-corrected chi connectivity index (χ4v) is 6.23. The van der Waals surface area contributed by atoms with Gasteiger partial charge in [0.15, 0.2) is 11.6 Å². The fourth-order valence-electron chi connectivity index (χ4n) is 6.23. The molecule has 1 aliphatic rings. The monoisotopic (exact) mass is 759 g/mol. The number of carbonyl (C=O) groups excluding carboxylic acids is 2. The number of hydrogen-bond donors (Lipinski definition) is 4. The van der Waals surface area contributed by atoms with Gasteiger partial charge in [-0.1, -0.05) is 48.9 Å². The second-order valence-corrected chi connectivity index (χ2v) is 13.1. The summed E-state index contributed by atoms with van der Waals surface area (Å²) < 4.78 is 34.0. The number of aromatic nitrogens is 4. The Kier molecular flexibility index (Phi) is 11.6. The van der Waals surface area contributed by atoms with Crippen LogP contribution < -0.4 is 30.7 Å². The first-order chi connectivity index (χ1) is 27.3. The largest absolute Gasteiger partial charge is 0.497 e. The lowest BCUT2D eigenvalue weighted by molar-refractivity contribution is 0.0383. The van der Waals surface area contributed by atoms with E-state index in [4.69, 9.17) is 14.2 Å². The SMILES string of the molecule is CCc1nn(-c2ccc(C)cc2)c(NC(=O)Nc2cc(Oc3ccnc(Nc4cc(OC)cc(C(=O)NCCN5CCOCC5)c4)n3)c3ccccc3c2)c1F. The molecule has 0 aliphatic carbocycles. The van der Waals surface area contributed by atoms with Crippen LogP contribution in [-0.2, 0) is 11.2 Å². The highest BCUT2D eigenvalue weighted by Crippen LogP contribution is 2.34. The molecule has 14 nitrogen and oxygen atoms in total. The van der Waals surface area contributed by atoms with E-state index in [2.05, 4.69) is 41.2 Å². The van der Waals surface area contributed by atoms with E-state index in [0.29, 0.717) is 60.3 Å². The predicted octanol–water partition coefficient (Wildman–Crippen LogP) is 7.08. The number of nitrogens with one attached hydrogen (secondary N) is 4. The molecule has 1 aliphatic heterocycles. The second kappa shape index (κ2) is 17.3. The van der Waals surface area contributed by atoms with Crippen LogP contribution in [0.1, 0.15) is 28.5 Å². The van der Waals surface area contributed by atoms with Gasteiger partial charge in [-0.15, -0.1) is 0 Å². The van der Waals surface area contributed by atoms with Crippen molar-refractivity contribution in [2.24, 2.45) is 0 Å². The molecule has 288 valence electrons. The van der Waals surface area contributed by atoms with E-state index in [9.17, 15) is 9.59 Å². The highest BCUT2D eigenvalue weighted by Gasteiger charge is 2.21. The maximum absolute atomic E-state index is 15.4. The molecule has 0 bridgehead atoms. The Labute approximate surface area is 323 Å². The van der Waals surface area contributed by atoms with Crippen LogP contribution in [0.4, 0.5) is 32.3 Å². The van der Waals surface area contributed by atoms with Crippen LogP contribution in [0.2, 0.25) is 0 Å². The highest BCUT2D eigenvalue weighted by molar-refractivity contribution is 6.02. The fraction of sp³-hybridized carbons (Fsp3) is 0.244. The summed E-state index contributed by atoms with van der Waals surface area (Å²) >= 11 is 0. The molecule has 0 radical (unpaired) electrons. The first kappa shape index (κ1) is 37.7. The minimum atomic E-state index is -0.669. The topological polar surface area (TPSA) is 157 Å². The number of carbonyl (C=O) groups is 2. The maximum Gasteiger partial charge on any atom is 0.324 e. The van der Waals surface area contributed by atoms with Crippen LogP contribution in [0.5, 0.6) is 17.4 Å². The van der Waals surface area contributed by atoms with Gasteiger partial charge < -0.3 is 30.2 Å². The van der Waals surface area contributed by atoms with Crippen molar-refractivity contribution in [1.82, 2.24) is 30.0 Å². The number of aryl methyl sites for hydroxylation is 2.